The molecule has 7 heteroatoms. The quantitative estimate of drug-likeness (QED) is 0.489. The lowest BCUT2D eigenvalue weighted by Crippen LogP contribution is -2.10. The zero-order valence-electron chi connectivity index (χ0n) is 13.3. The molecule has 3 nitrogen and oxygen atoms in total. The molecule has 0 radical (unpaired) electrons. The van der Waals surface area contributed by atoms with Crippen LogP contribution in [0.5, 0.6) is 0 Å². The van der Waals surface area contributed by atoms with Crippen LogP contribution in [0.25, 0.3) is 21.3 Å². The molecule has 2 heterocycles. The monoisotopic (exact) mass is 386 g/mol. The fraction of sp³-hybridized carbons (Fsp3) is 0.0526. The standard InChI is InChI=1S/C19H12F2N2OS2/c20-14-7-6-12(8-15(14)21)25-10-16-22-18(24)17-13(9-26-19(17)23-16)11-4-2-1-3-5-11/h1-9H,10H2,(H,22,23,24). The van der Waals surface area contributed by atoms with E-state index in [1.54, 1.807) is 0 Å². The Balaban J connectivity index is 1.64. The molecule has 0 fully saturated rings. The Morgan fingerprint density at radius 3 is 2.65 bits per heavy atom. The van der Waals surface area contributed by atoms with Crippen LogP contribution in [-0.2, 0) is 5.75 Å². The number of thiophene rings is 1. The lowest BCUT2D eigenvalue weighted by molar-refractivity contribution is 0.506. The fourth-order valence-corrected chi connectivity index (χ4v) is 4.37. The van der Waals surface area contributed by atoms with E-state index in [1.807, 2.05) is 35.7 Å². The van der Waals surface area contributed by atoms with Crippen LogP contribution < -0.4 is 5.56 Å². The number of thioether (sulfide) groups is 1. The molecule has 0 aliphatic carbocycles. The molecular formula is C19H12F2N2OS2. The van der Waals surface area contributed by atoms with E-state index in [0.717, 1.165) is 23.3 Å². The van der Waals surface area contributed by atoms with E-state index in [0.29, 0.717) is 26.7 Å². The van der Waals surface area contributed by atoms with Crippen molar-refractivity contribution in [2.75, 3.05) is 0 Å². The van der Waals surface area contributed by atoms with Gasteiger partial charge in [0.25, 0.3) is 5.56 Å². The summed E-state index contributed by atoms with van der Waals surface area (Å²) in [5, 5.41) is 2.50. The van der Waals surface area contributed by atoms with E-state index in [-0.39, 0.29) is 5.56 Å². The Hall–Kier alpha value is -2.51. The molecule has 2 aromatic heterocycles. The van der Waals surface area contributed by atoms with Crippen molar-refractivity contribution in [3.8, 4) is 11.1 Å². The highest BCUT2D eigenvalue weighted by molar-refractivity contribution is 7.98. The van der Waals surface area contributed by atoms with Gasteiger partial charge in [-0.3, -0.25) is 4.79 Å². The summed E-state index contributed by atoms with van der Waals surface area (Å²) >= 11 is 2.70. The number of nitrogens with zero attached hydrogens (tertiary/aromatic N) is 1. The number of fused-ring (bicyclic) bond motifs is 1. The zero-order chi connectivity index (χ0) is 18.1. The van der Waals surface area contributed by atoms with Crippen molar-refractivity contribution in [1.82, 2.24) is 9.97 Å². The maximum atomic E-state index is 13.3. The van der Waals surface area contributed by atoms with Crippen LogP contribution in [0.3, 0.4) is 0 Å². The Bertz CT molecular complexity index is 1140. The number of halogens is 2. The molecule has 0 spiro atoms. The van der Waals surface area contributed by atoms with Gasteiger partial charge >= 0.3 is 0 Å². The van der Waals surface area contributed by atoms with Crippen molar-refractivity contribution in [2.24, 2.45) is 0 Å². The number of nitrogens with one attached hydrogen (secondary N) is 1. The first-order chi connectivity index (χ1) is 12.6. The second kappa shape index (κ2) is 7.01. The second-order valence-corrected chi connectivity index (χ2v) is 7.48. The number of hydrogen-bond donors (Lipinski definition) is 1. The summed E-state index contributed by atoms with van der Waals surface area (Å²) in [6, 6.07) is 13.4. The first-order valence-electron chi connectivity index (χ1n) is 7.75. The predicted molar refractivity (Wildman–Crippen MR) is 102 cm³/mol. The van der Waals surface area contributed by atoms with Crippen LogP contribution in [0.4, 0.5) is 8.78 Å². The third kappa shape index (κ3) is 3.27. The summed E-state index contributed by atoms with van der Waals surface area (Å²) in [5.74, 6) is -0.917. The molecule has 0 amide bonds. The first-order valence-corrected chi connectivity index (χ1v) is 9.62. The number of benzene rings is 2. The van der Waals surface area contributed by atoms with Gasteiger partial charge in [0.1, 0.15) is 10.7 Å². The first kappa shape index (κ1) is 16.9. The predicted octanol–water partition coefficient (Wildman–Crippen LogP) is 5.22. The van der Waals surface area contributed by atoms with Gasteiger partial charge in [0, 0.05) is 15.8 Å². The third-order valence-electron chi connectivity index (χ3n) is 3.84. The van der Waals surface area contributed by atoms with E-state index >= 15 is 0 Å². The Labute approximate surface area is 155 Å². The van der Waals surface area contributed by atoms with Crippen LogP contribution in [0.2, 0.25) is 0 Å². The molecule has 0 saturated carbocycles. The van der Waals surface area contributed by atoms with Crippen LogP contribution in [0, 0.1) is 11.6 Å². The van der Waals surface area contributed by atoms with Gasteiger partial charge in [-0.1, -0.05) is 30.3 Å². The average Bonchev–Trinajstić information content (AvgIpc) is 3.08. The van der Waals surface area contributed by atoms with E-state index in [9.17, 15) is 13.6 Å². The van der Waals surface area contributed by atoms with Crippen molar-refractivity contribution >= 4 is 33.3 Å². The van der Waals surface area contributed by atoms with Crippen molar-refractivity contribution < 1.29 is 8.78 Å². The molecular weight excluding hydrogens is 374 g/mol. The van der Waals surface area contributed by atoms with Gasteiger partial charge in [-0.2, -0.15) is 0 Å². The molecule has 4 rings (SSSR count). The van der Waals surface area contributed by atoms with E-state index in [4.69, 9.17) is 0 Å². The summed E-state index contributed by atoms with van der Waals surface area (Å²) in [4.78, 5) is 21.1. The zero-order valence-corrected chi connectivity index (χ0v) is 15.0. The maximum Gasteiger partial charge on any atom is 0.260 e. The normalized spacial score (nSPS) is 11.2. The second-order valence-electron chi connectivity index (χ2n) is 5.57. The van der Waals surface area contributed by atoms with Gasteiger partial charge in [0.05, 0.1) is 11.1 Å². The smallest absolute Gasteiger partial charge is 0.260 e. The molecule has 130 valence electrons. The summed E-state index contributed by atoms with van der Waals surface area (Å²) in [7, 11) is 0. The van der Waals surface area contributed by atoms with Crippen LogP contribution in [0.15, 0.2) is 63.6 Å². The molecule has 2 aromatic carbocycles. The highest BCUT2D eigenvalue weighted by atomic mass is 32.2. The highest BCUT2D eigenvalue weighted by Crippen LogP contribution is 2.31. The number of H-pyrrole nitrogens is 1. The average molecular weight is 386 g/mol. The molecule has 1 N–H and O–H groups in total. The summed E-state index contributed by atoms with van der Waals surface area (Å²) in [5.41, 5.74) is 1.63. The van der Waals surface area contributed by atoms with E-state index in [1.165, 1.54) is 29.2 Å². The van der Waals surface area contributed by atoms with Gasteiger partial charge in [-0.25, -0.2) is 13.8 Å². The SMILES string of the molecule is O=c1[nH]c(CSc2ccc(F)c(F)c2)nc2scc(-c3ccccc3)c12. The van der Waals surface area contributed by atoms with Crippen molar-refractivity contribution in [3.63, 3.8) is 0 Å². The van der Waals surface area contributed by atoms with Gasteiger partial charge in [-0.15, -0.1) is 23.1 Å². The lowest BCUT2D eigenvalue weighted by atomic mass is 10.1. The molecule has 0 aliphatic rings. The topological polar surface area (TPSA) is 45.8 Å². The van der Waals surface area contributed by atoms with Gasteiger partial charge in [0.2, 0.25) is 0 Å². The maximum absolute atomic E-state index is 13.3. The molecule has 0 unspecified atom stereocenters. The van der Waals surface area contributed by atoms with Crippen molar-refractivity contribution in [2.45, 2.75) is 10.6 Å². The van der Waals surface area contributed by atoms with Crippen molar-refractivity contribution in [3.05, 3.63) is 81.7 Å². The minimum atomic E-state index is -0.891. The van der Waals surface area contributed by atoms with Gasteiger partial charge in [-0.05, 0) is 23.8 Å². The molecule has 0 atom stereocenters. The number of aromatic amines is 1. The van der Waals surface area contributed by atoms with Gasteiger partial charge < -0.3 is 4.98 Å². The lowest BCUT2D eigenvalue weighted by Gasteiger charge is -2.03. The van der Waals surface area contributed by atoms with Crippen LogP contribution in [-0.4, -0.2) is 9.97 Å². The Kier molecular flexibility index (Phi) is 4.57. The fourth-order valence-electron chi connectivity index (χ4n) is 2.61. The highest BCUT2D eigenvalue weighted by Gasteiger charge is 2.13. The number of aromatic nitrogens is 2. The minimum Gasteiger partial charge on any atom is -0.309 e. The van der Waals surface area contributed by atoms with Crippen molar-refractivity contribution in [1.29, 1.82) is 0 Å². The molecule has 26 heavy (non-hydrogen) atoms. The minimum absolute atomic E-state index is 0.198. The van der Waals surface area contributed by atoms with Crippen LogP contribution in [0.1, 0.15) is 5.82 Å². The Morgan fingerprint density at radius 1 is 1.08 bits per heavy atom. The van der Waals surface area contributed by atoms with Gasteiger partial charge in [0.15, 0.2) is 11.6 Å². The number of rotatable bonds is 4. The van der Waals surface area contributed by atoms with E-state index < -0.39 is 11.6 Å². The molecule has 0 aliphatic heterocycles. The molecule has 4 aromatic rings. The van der Waals surface area contributed by atoms with Crippen LogP contribution >= 0.6 is 23.1 Å². The molecule has 0 bridgehead atoms. The van der Waals surface area contributed by atoms with E-state index in [2.05, 4.69) is 9.97 Å². The summed E-state index contributed by atoms with van der Waals surface area (Å²) < 4.78 is 26.3. The summed E-state index contributed by atoms with van der Waals surface area (Å²) in [6.45, 7) is 0. The molecule has 0 saturated heterocycles. The summed E-state index contributed by atoms with van der Waals surface area (Å²) in [6.07, 6.45) is 0. The number of hydrogen-bond acceptors (Lipinski definition) is 4. The largest absolute Gasteiger partial charge is 0.309 e. The third-order valence-corrected chi connectivity index (χ3v) is 5.72. The Morgan fingerprint density at radius 2 is 1.88 bits per heavy atom.